The number of nitrogens with one attached hydrogen (secondary N) is 1. The van der Waals surface area contributed by atoms with Crippen LogP contribution in [0.25, 0.3) is 0 Å². The fraction of sp³-hybridized carbons (Fsp3) is 0.0714. The molecule has 0 aliphatic heterocycles. The van der Waals surface area contributed by atoms with E-state index in [1.54, 1.807) is 36.4 Å². The predicted octanol–water partition coefficient (Wildman–Crippen LogP) is 2.11. The highest BCUT2D eigenvalue weighted by atomic mass is 32.2. The molecule has 0 aliphatic rings. The van der Waals surface area contributed by atoms with Crippen LogP contribution in [0.5, 0.6) is 0 Å². The first-order valence-electron chi connectivity index (χ1n) is 5.68. The molecule has 1 amide bonds. The van der Waals surface area contributed by atoms with E-state index in [1.807, 2.05) is 17.7 Å². The number of sulfonamides is 1. The van der Waals surface area contributed by atoms with Crippen molar-refractivity contribution in [2.45, 2.75) is 11.8 Å². The lowest BCUT2D eigenvalue weighted by molar-refractivity contribution is 0.0981. The summed E-state index contributed by atoms with van der Waals surface area (Å²) >= 11 is 0. The molecule has 0 atom stereocenters. The Hall–Kier alpha value is -2.14. The number of amides is 1. The molecule has 0 aromatic heterocycles. The van der Waals surface area contributed by atoms with Crippen LogP contribution < -0.4 is 4.72 Å². The smallest absolute Gasteiger partial charge is 0.265 e. The number of hydrogen-bond acceptors (Lipinski definition) is 3. The van der Waals surface area contributed by atoms with E-state index in [2.05, 4.69) is 0 Å². The van der Waals surface area contributed by atoms with Crippen molar-refractivity contribution < 1.29 is 13.2 Å². The van der Waals surface area contributed by atoms with Crippen LogP contribution in [0.15, 0.2) is 59.5 Å². The molecule has 0 spiro atoms. The minimum absolute atomic E-state index is 0.0657. The second-order valence-corrected chi connectivity index (χ2v) is 5.80. The first kappa shape index (κ1) is 13.3. The number of benzene rings is 2. The van der Waals surface area contributed by atoms with Crippen LogP contribution in [0.2, 0.25) is 0 Å². The molecule has 2 aromatic rings. The normalized spacial score (nSPS) is 11.0. The van der Waals surface area contributed by atoms with Crippen LogP contribution >= 0.6 is 0 Å². The molecular weight excluding hydrogens is 262 g/mol. The third-order valence-electron chi connectivity index (χ3n) is 2.56. The average Bonchev–Trinajstić information content (AvgIpc) is 2.39. The third-order valence-corrected chi connectivity index (χ3v) is 3.91. The van der Waals surface area contributed by atoms with Crippen molar-refractivity contribution in [3.63, 3.8) is 0 Å². The van der Waals surface area contributed by atoms with Gasteiger partial charge in [0, 0.05) is 5.56 Å². The third kappa shape index (κ3) is 3.20. The van der Waals surface area contributed by atoms with Gasteiger partial charge in [-0.25, -0.2) is 13.1 Å². The molecule has 0 aliphatic carbocycles. The van der Waals surface area contributed by atoms with Crippen molar-refractivity contribution in [3.05, 3.63) is 65.7 Å². The van der Waals surface area contributed by atoms with E-state index in [-0.39, 0.29) is 4.90 Å². The molecule has 2 rings (SSSR count). The molecule has 0 fully saturated rings. The van der Waals surface area contributed by atoms with Crippen molar-refractivity contribution in [2.75, 3.05) is 0 Å². The van der Waals surface area contributed by atoms with E-state index in [9.17, 15) is 13.2 Å². The molecule has 5 heteroatoms. The van der Waals surface area contributed by atoms with Gasteiger partial charge in [-0.15, -0.1) is 0 Å². The minimum Gasteiger partial charge on any atom is -0.268 e. The van der Waals surface area contributed by atoms with Gasteiger partial charge in [0.15, 0.2) is 0 Å². The first-order chi connectivity index (χ1) is 8.99. The van der Waals surface area contributed by atoms with Crippen LogP contribution in [0, 0.1) is 6.92 Å². The molecule has 0 saturated carbocycles. The van der Waals surface area contributed by atoms with Gasteiger partial charge in [-0.1, -0.05) is 35.9 Å². The van der Waals surface area contributed by atoms with Crippen molar-refractivity contribution in [1.29, 1.82) is 0 Å². The van der Waals surface area contributed by atoms with Crippen LogP contribution in [-0.2, 0) is 10.0 Å². The summed E-state index contributed by atoms with van der Waals surface area (Å²) in [7, 11) is -3.82. The Balaban J connectivity index is 2.24. The van der Waals surface area contributed by atoms with Gasteiger partial charge in [-0.3, -0.25) is 4.79 Å². The molecular formula is C14H13NO3S. The maximum Gasteiger partial charge on any atom is 0.265 e. The van der Waals surface area contributed by atoms with Crippen LogP contribution in [0.3, 0.4) is 0 Å². The van der Waals surface area contributed by atoms with Gasteiger partial charge in [0.25, 0.3) is 15.9 Å². The monoisotopic (exact) mass is 275 g/mol. The Labute approximate surface area is 112 Å². The summed E-state index contributed by atoms with van der Waals surface area (Å²) in [5.41, 5.74) is 1.21. The SMILES string of the molecule is Cc1cccc(C(=O)NS(=O)(=O)c2ccccc2)c1. The zero-order chi connectivity index (χ0) is 13.9. The Morgan fingerprint density at radius 1 is 1.00 bits per heavy atom. The van der Waals surface area contributed by atoms with Crippen molar-refractivity contribution in [3.8, 4) is 0 Å². The summed E-state index contributed by atoms with van der Waals surface area (Å²) in [5.74, 6) is -0.632. The molecule has 1 N–H and O–H groups in total. The van der Waals surface area contributed by atoms with E-state index in [0.717, 1.165) is 5.56 Å². The summed E-state index contributed by atoms with van der Waals surface area (Å²) in [4.78, 5) is 12.0. The maximum absolute atomic E-state index is 12.0. The van der Waals surface area contributed by atoms with Gasteiger partial charge < -0.3 is 0 Å². The number of rotatable bonds is 3. The molecule has 0 heterocycles. The molecule has 98 valence electrons. The predicted molar refractivity (Wildman–Crippen MR) is 72.3 cm³/mol. The molecule has 0 unspecified atom stereocenters. The first-order valence-corrected chi connectivity index (χ1v) is 7.16. The molecule has 0 bridgehead atoms. The van der Waals surface area contributed by atoms with E-state index in [4.69, 9.17) is 0 Å². The standard InChI is InChI=1S/C14H13NO3S/c1-11-6-5-7-12(10-11)14(16)15-19(17,18)13-8-3-2-4-9-13/h2-10H,1H3,(H,15,16). The summed E-state index contributed by atoms with van der Waals surface area (Å²) in [6.45, 7) is 1.84. The van der Waals surface area contributed by atoms with Crippen molar-refractivity contribution >= 4 is 15.9 Å². The highest BCUT2D eigenvalue weighted by molar-refractivity contribution is 7.90. The van der Waals surface area contributed by atoms with Crippen molar-refractivity contribution in [2.24, 2.45) is 0 Å². The molecule has 19 heavy (non-hydrogen) atoms. The lowest BCUT2D eigenvalue weighted by atomic mass is 10.1. The van der Waals surface area contributed by atoms with E-state index >= 15 is 0 Å². The average molecular weight is 275 g/mol. The van der Waals surface area contributed by atoms with Gasteiger partial charge in [0.1, 0.15) is 0 Å². The summed E-state index contributed by atoms with van der Waals surface area (Å²) in [5, 5.41) is 0. The number of carbonyl (C=O) groups is 1. The van der Waals surface area contributed by atoms with E-state index in [1.165, 1.54) is 12.1 Å². The summed E-state index contributed by atoms with van der Waals surface area (Å²) < 4.78 is 26.0. The van der Waals surface area contributed by atoms with E-state index in [0.29, 0.717) is 5.56 Å². The minimum atomic E-state index is -3.82. The molecule has 0 radical (unpaired) electrons. The largest absolute Gasteiger partial charge is 0.268 e. The Bertz CT molecular complexity index is 694. The lowest BCUT2D eigenvalue weighted by Gasteiger charge is -2.07. The zero-order valence-electron chi connectivity index (χ0n) is 10.3. The molecule has 4 nitrogen and oxygen atoms in total. The number of carbonyl (C=O) groups excluding carboxylic acids is 1. The number of hydrogen-bond donors (Lipinski definition) is 1. The van der Waals surface area contributed by atoms with Gasteiger partial charge in [0.2, 0.25) is 0 Å². The van der Waals surface area contributed by atoms with Gasteiger partial charge in [0.05, 0.1) is 4.90 Å². The topological polar surface area (TPSA) is 63.2 Å². The molecule has 0 saturated heterocycles. The molecule has 2 aromatic carbocycles. The number of aryl methyl sites for hydroxylation is 1. The van der Waals surface area contributed by atoms with Crippen molar-refractivity contribution in [1.82, 2.24) is 4.72 Å². The fourth-order valence-corrected chi connectivity index (χ4v) is 2.62. The second kappa shape index (κ2) is 5.24. The fourth-order valence-electron chi connectivity index (χ4n) is 1.63. The van der Waals surface area contributed by atoms with E-state index < -0.39 is 15.9 Å². The van der Waals surface area contributed by atoms with Gasteiger partial charge in [-0.05, 0) is 31.2 Å². The van der Waals surface area contributed by atoms with Crippen LogP contribution in [0.4, 0.5) is 0 Å². The lowest BCUT2D eigenvalue weighted by Crippen LogP contribution is -2.30. The summed E-state index contributed by atoms with van der Waals surface area (Å²) in [6.07, 6.45) is 0. The van der Waals surface area contributed by atoms with Gasteiger partial charge >= 0.3 is 0 Å². The van der Waals surface area contributed by atoms with Gasteiger partial charge in [-0.2, -0.15) is 0 Å². The van der Waals surface area contributed by atoms with Crippen LogP contribution in [0.1, 0.15) is 15.9 Å². The highest BCUT2D eigenvalue weighted by Crippen LogP contribution is 2.09. The highest BCUT2D eigenvalue weighted by Gasteiger charge is 2.18. The Morgan fingerprint density at radius 3 is 2.32 bits per heavy atom. The Morgan fingerprint density at radius 2 is 1.68 bits per heavy atom. The summed E-state index contributed by atoms with van der Waals surface area (Å²) in [6, 6.07) is 14.5. The zero-order valence-corrected chi connectivity index (χ0v) is 11.1. The van der Waals surface area contributed by atoms with Crippen LogP contribution in [-0.4, -0.2) is 14.3 Å². The Kier molecular flexibility index (Phi) is 3.66. The second-order valence-electron chi connectivity index (χ2n) is 4.12. The quantitative estimate of drug-likeness (QED) is 0.933. The maximum atomic E-state index is 12.0.